The van der Waals surface area contributed by atoms with Gasteiger partial charge in [0.05, 0.1) is 19.2 Å². The van der Waals surface area contributed by atoms with Crippen molar-refractivity contribution in [3.8, 4) is 11.5 Å². The lowest BCUT2D eigenvalue weighted by Crippen LogP contribution is -2.21. The van der Waals surface area contributed by atoms with E-state index in [0.717, 1.165) is 11.3 Å². The first kappa shape index (κ1) is 18.1. The van der Waals surface area contributed by atoms with Gasteiger partial charge in [0.15, 0.2) is 0 Å². The number of hydrogen-bond acceptors (Lipinski definition) is 4. The predicted octanol–water partition coefficient (Wildman–Crippen LogP) is 3.48. The van der Waals surface area contributed by atoms with E-state index in [1.807, 2.05) is 24.3 Å². The summed E-state index contributed by atoms with van der Waals surface area (Å²) >= 11 is 6.03. The van der Waals surface area contributed by atoms with Crippen LogP contribution in [0, 0.1) is 0 Å². The van der Waals surface area contributed by atoms with Gasteiger partial charge in [-0.2, -0.15) is 0 Å². The highest BCUT2D eigenvalue weighted by Crippen LogP contribution is 2.27. The van der Waals surface area contributed by atoms with Gasteiger partial charge in [0.1, 0.15) is 11.5 Å². The standard InChI is InChI=1S/C18H21ClN2O3/c1-23-15-6-3-13(4-7-15)12-20-10-9-18(22)21-14-5-8-17(24-2)16(19)11-14/h3-8,11,20H,9-10,12H2,1-2H3,(H,21,22). The van der Waals surface area contributed by atoms with Crippen LogP contribution in [0.4, 0.5) is 5.69 Å². The molecule has 2 rings (SSSR count). The summed E-state index contributed by atoms with van der Waals surface area (Å²) < 4.78 is 10.2. The molecule has 0 radical (unpaired) electrons. The molecule has 2 N–H and O–H groups in total. The lowest BCUT2D eigenvalue weighted by molar-refractivity contribution is -0.116. The van der Waals surface area contributed by atoms with Crippen molar-refractivity contribution >= 4 is 23.2 Å². The molecular formula is C18H21ClN2O3. The normalized spacial score (nSPS) is 10.3. The first-order valence-electron chi connectivity index (χ1n) is 7.59. The summed E-state index contributed by atoms with van der Waals surface area (Å²) in [5.41, 5.74) is 1.79. The Morgan fingerprint density at radius 1 is 1.08 bits per heavy atom. The van der Waals surface area contributed by atoms with E-state index in [-0.39, 0.29) is 5.91 Å². The average molecular weight is 349 g/mol. The van der Waals surface area contributed by atoms with Gasteiger partial charge in [-0.1, -0.05) is 23.7 Å². The van der Waals surface area contributed by atoms with Crippen LogP contribution in [0.1, 0.15) is 12.0 Å². The molecule has 128 valence electrons. The molecule has 24 heavy (non-hydrogen) atoms. The van der Waals surface area contributed by atoms with E-state index in [9.17, 15) is 4.79 Å². The van der Waals surface area contributed by atoms with Crippen molar-refractivity contribution in [2.45, 2.75) is 13.0 Å². The van der Waals surface area contributed by atoms with Crippen molar-refractivity contribution in [2.24, 2.45) is 0 Å². The van der Waals surface area contributed by atoms with E-state index in [1.54, 1.807) is 32.4 Å². The van der Waals surface area contributed by atoms with Gasteiger partial charge >= 0.3 is 0 Å². The average Bonchev–Trinajstić information content (AvgIpc) is 2.59. The molecule has 0 bridgehead atoms. The number of nitrogens with one attached hydrogen (secondary N) is 2. The molecule has 0 aliphatic heterocycles. The third kappa shape index (κ3) is 5.44. The number of amides is 1. The third-order valence-corrected chi connectivity index (χ3v) is 3.75. The topological polar surface area (TPSA) is 59.6 Å². The number of benzene rings is 2. The molecule has 6 heteroatoms. The molecule has 0 aliphatic rings. The molecule has 0 atom stereocenters. The molecular weight excluding hydrogens is 328 g/mol. The molecule has 0 spiro atoms. The number of hydrogen-bond donors (Lipinski definition) is 2. The molecule has 2 aromatic carbocycles. The minimum atomic E-state index is -0.0709. The van der Waals surface area contributed by atoms with Crippen molar-refractivity contribution in [3.05, 3.63) is 53.1 Å². The fourth-order valence-corrected chi connectivity index (χ4v) is 2.40. The maximum absolute atomic E-state index is 11.9. The highest BCUT2D eigenvalue weighted by Gasteiger charge is 2.05. The quantitative estimate of drug-likeness (QED) is 0.717. The molecule has 0 aromatic heterocycles. The Morgan fingerprint density at radius 2 is 1.83 bits per heavy atom. The largest absolute Gasteiger partial charge is 0.497 e. The molecule has 5 nitrogen and oxygen atoms in total. The van der Waals surface area contributed by atoms with Gasteiger partial charge in [-0.3, -0.25) is 4.79 Å². The highest BCUT2D eigenvalue weighted by molar-refractivity contribution is 6.32. The second kappa shape index (κ2) is 9.15. The van der Waals surface area contributed by atoms with Crippen LogP contribution >= 0.6 is 11.6 Å². The summed E-state index contributed by atoms with van der Waals surface area (Å²) in [4.78, 5) is 11.9. The van der Waals surface area contributed by atoms with Gasteiger partial charge in [0, 0.05) is 25.2 Å². The molecule has 0 unspecified atom stereocenters. The lowest BCUT2D eigenvalue weighted by atomic mass is 10.2. The van der Waals surface area contributed by atoms with Crippen LogP contribution in [0.3, 0.4) is 0 Å². The molecule has 1 amide bonds. The zero-order valence-electron chi connectivity index (χ0n) is 13.8. The number of anilines is 1. The Balaban J connectivity index is 1.72. The monoisotopic (exact) mass is 348 g/mol. The van der Waals surface area contributed by atoms with E-state index in [2.05, 4.69) is 10.6 Å². The minimum absolute atomic E-state index is 0.0709. The van der Waals surface area contributed by atoms with Gasteiger partial charge in [0.2, 0.25) is 5.91 Å². The zero-order valence-corrected chi connectivity index (χ0v) is 14.5. The van der Waals surface area contributed by atoms with Gasteiger partial charge in [-0.25, -0.2) is 0 Å². The highest BCUT2D eigenvalue weighted by atomic mass is 35.5. The Kier molecular flexibility index (Phi) is 6.90. The van der Waals surface area contributed by atoms with E-state index in [1.165, 1.54) is 0 Å². The Morgan fingerprint density at radius 3 is 2.46 bits per heavy atom. The first-order valence-corrected chi connectivity index (χ1v) is 7.97. The van der Waals surface area contributed by atoms with Crippen LogP contribution in [0.15, 0.2) is 42.5 Å². The maximum Gasteiger partial charge on any atom is 0.225 e. The fraction of sp³-hybridized carbons (Fsp3) is 0.278. The number of halogens is 1. The number of ether oxygens (including phenoxy) is 2. The van der Waals surface area contributed by atoms with Crippen molar-refractivity contribution < 1.29 is 14.3 Å². The van der Waals surface area contributed by atoms with Gasteiger partial charge in [0.25, 0.3) is 0 Å². The van der Waals surface area contributed by atoms with Crippen molar-refractivity contribution in [1.29, 1.82) is 0 Å². The van der Waals surface area contributed by atoms with Crippen LogP contribution in [0.25, 0.3) is 0 Å². The van der Waals surface area contributed by atoms with E-state index >= 15 is 0 Å². The molecule has 0 heterocycles. The summed E-state index contributed by atoms with van der Waals surface area (Å²) in [5.74, 6) is 1.34. The molecule has 0 saturated heterocycles. The van der Waals surface area contributed by atoms with Crippen LogP contribution in [0.5, 0.6) is 11.5 Å². The summed E-state index contributed by atoms with van der Waals surface area (Å²) in [5, 5.41) is 6.52. The predicted molar refractivity (Wildman–Crippen MR) is 96.0 cm³/mol. The second-order valence-electron chi connectivity index (χ2n) is 5.17. The van der Waals surface area contributed by atoms with Crippen LogP contribution in [-0.4, -0.2) is 26.7 Å². The Hall–Kier alpha value is -2.24. The van der Waals surface area contributed by atoms with Gasteiger partial charge < -0.3 is 20.1 Å². The van der Waals surface area contributed by atoms with E-state index in [0.29, 0.717) is 36.0 Å². The molecule has 0 fully saturated rings. The summed E-state index contributed by atoms with van der Waals surface area (Å²) in [6.07, 6.45) is 0.375. The number of methoxy groups -OCH3 is 2. The van der Waals surface area contributed by atoms with Crippen molar-refractivity contribution in [3.63, 3.8) is 0 Å². The molecule has 0 saturated carbocycles. The number of carbonyl (C=O) groups is 1. The number of carbonyl (C=O) groups excluding carboxylic acids is 1. The first-order chi connectivity index (χ1) is 11.6. The van der Waals surface area contributed by atoms with E-state index in [4.69, 9.17) is 21.1 Å². The summed E-state index contributed by atoms with van der Waals surface area (Å²) in [7, 11) is 3.19. The maximum atomic E-state index is 11.9. The Labute approximate surface area is 146 Å². The van der Waals surface area contributed by atoms with Crippen LogP contribution < -0.4 is 20.1 Å². The molecule has 2 aromatic rings. The Bertz CT molecular complexity index is 674. The lowest BCUT2D eigenvalue weighted by Gasteiger charge is -2.09. The van der Waals surface area contributed by atoms with Gasteiger partial charge in [-0.15, -0.1) is 0 Å². The van der Waals surface area contributed by atoms with Crippen molar-refractivity contribution in [1.82, 2.24) is 5.32 Å². The van der Waals surface area contributed by atoms with Gasteiger partial charge in [-0.05, 0) is 35.9 Å². The number of rotatable bonds is 8. The van der Waals surface area contributed by atoms with Crippen LogP contribution in [-0.2, 0) is 11.3 Å². The summed E-state index contributed by atoms with van der Waals surface area (Å²) in [6, 6.07) is 13.0. The minimum Gasteiger partial charge on any atom is -0.497 e. The zero-order chi connectivity index (χ0) is 17.4. The van der Waals surface area contributed by atoms with Crippen molar-refractivity contribution in [2.75, 3.05) is 26.1 Å². The second-order valence-corrected chi connectivity index (χ2v) is 5.58. The summed E-state index contributed by atoms with van der Waals surface area (Å²) in [6.45, 7) is 1.29. The third-order valence-electron chi connectivity index (χ3n) is 3.45. The fourth-order valence-electron chi connectivity index (χ4n) is 2.15. The molecule has 0 aliphatic carbocycles. The van der Waals surface area contributed by atoms with E-state index < -0.39 is 0 Å². The van der Waals surface area contributed by atoms with Crippen LogP contribution in [0.2, 0.25) is 5.02 Å². The SMILES string of the molecule is COc1ccc(CNCCC(=O)Nc2ccc(OC)c(Cl)c2)cc1. The smallest absolute Gasteiger partial charge is 0.225 e.